The maximum absolute atomic E-state index is 11.5. The van der Waals surface area contributed by atoms with E-state index in [1.807, 2.05) is 19.1 Å². The zero-order valence-electron chi connectivity index (χ0n) is 14.5. The van der Waals surface area contributed by atoms with Crippen molar-refractivity contribution < 1.29 is 12.8 Å². The first-order valence-electron chi connectivity index (χ1n) is 8.01. The third-order valence-corrected chi connectivity index (χ3v) is 6.50. The number of sulfone groups is 1. The fourth-order valence-corrected chi connectivity index (χ4v) is 5.22. The second-order valence-electron chi connectivity index (χ2n) is 6.31. The smallest absolute Gasteiger partial charge is 0.148 e. The summed E-state index contributed by atoms with van der Waals surface area (Å²) in [6, 6.07) is 5.06. The number of hydrogen-bond acceptors (Lipinski definition) is 7. The van der Waals surface area contributed by atoms with Crippen LogP contribution in [0.3, 0.4) is 0 Å². The number of hydrogen-bond donors (Lipinski definition) is 2. The van der Waals surface area contributed by atoms with Crippen molar-refractivity contribution in [3.63, 3.8) is 0 Å². The SMILES string of the molecule is Cc1c(C[C@@H](N)CS(C)(=O)=O)sc2c(NCc3ccco3)cc(Cl)nc12. The minimum absolute atomic E-state index is 0.0432. The van der Waals surface area contributed by atoms with Crippen molar-refractivity contribution in [3.8, 4) is 0 Å². The number of aryl methyl sites for hydroxylation is 1. The van der Waals surface area contributed by atoms with Crippen LogP contribution < -0.4 is 11.1 Å². The fourth-order valence-electron chi connectivity index (χ4n) is 2.80. The summed E-state index contributed by atoms with van der Waals surface area (Å²) in [6.07, 6.45) is 3.31. The third kappa shape index (κ3) is 4.56. The van der Waals surface area contributed by atoms with Gasteiger partial charge in [-0.3, -0.25) is 0 Å². The largest absolute Gasteiger partial charge is 0.467 e. The second kappa shape index (κ2) is 7.56. The number of halogens is 1. The molecule has 3 aromatic rings. The van der Waals surface area contributed by atoms with E-state index >= 15 is 0 Å². The number of fused-ring (bicyclic) bond motifs is 1. The summed E-state index contributed by atoms with van der Waals surface area (Å²) in [5.74, 6) is 0.771. The minimum Gasteiger partial charge on any atom is -0.467 e. The summed E-state index contributed by atoms with van der Waals surface area (Å²) in [5.41, 5.74) is 8.69. The van der Waals surface area contributed by atoms with E-state index in [-0.39, 0.29) is 5.75 Å². The molecule has 0 fully saturated rings. The first kappa shape index (κ1) is 19.2. The molecule has 3 aromatic heterocycles. The molecule has 0 unspecified atom stereocenters. The van der Waals surface area contributed by atoms with Crippen molar-refractivity contribution in [1.82, 2.24) is 4.98 Å². The maximum atomic E-state index is 11.5. The fraction of sp³-hybridized carbons (Fsp3) is 0.353. The van der Waals surface area contributed by atoms with Crippen molar-refractivity contribution in [2.24, 2.45) is 5.73 Å². The lowest BCUT2D eigenvalue weighted by atomic mass is 10.1. The Hall–Kier alpha value is -1.61. The summed E-state index contributed by atoms with van der Waals surface area (Å²) >= 11 is 7.75. The van der Waals surface area contributed by atoms with Crippen LogP contribution in [-0.2, 0) is 22.8 Å². The number of thiophene rings is 1. The van der Waals surface area contributed by atoms with E-state index in [1.54, 1.807) is 23.7 Å². The molecule has 0 spiro atoms. The topological polar surface area (TPSA) is 98.2 Å². The van der Waals surface area contributed by atoms with Crippen LogP contribution in [0.4, 0.5) is 5.69 Å². The molecule has 3 N–H and O–H groups in total. The molecule has 26 heavy (non-hydrogen) atoms. The molecular formula is C17H20ClN3O3S2. The van der Waals surface area contributed by atoms with Gasteiger partial charge in [0.1, 0.15) is 20.8 Å². The van der Waals surface area contributed by atoms with Gasteiger partial charge in [-0.15, -0.1) is 11.3 Å². The molecule has 9 heteroatoms. The van der Waals surface area contributed by atoms with Crippen LogP contribution in [-0.4, -0.2) is 31.5 Å². The number of anilines is 1. The van der Waals surface area contributed by atoms with Crippen LogP contribution in [0.1, 0.15) is 16.2 Å². The Morgan fingerprint density at radius 1 is 1.46 bits per heavy atom. The van der Waals surface area contributed by atoms with Gasteiger partial charge in [0, 0.05) is 23.2 Å². The molecule has 3 rings (SSSR count). The molecule has 0 aliphatic rings. The van der Waals surface area contributed by atoms with Crippen LogP contribution in [0.2, 0.25) is 5.15 Å². The number of pyridine rings is 1. The molecule has 0 aliphatic carbocycles. The highest BCUT2D eigenvalue weighted by molar-refractivity contribution is 7.90. The predicted molar refractivity (Wildman–Crippen MR) is 107 cm³/mol. The van der Waals surface area contributed by atoms with Gasteiger partial charge >= 0.3 is 0 Å². The van der Waals surface area contributed by atoms with Crippen molar-refractivity contribution in [1.29, 1.82) is 0 Å². The molecule has 6 nitrogen and oxygen atoms in total. The van der Waals surface area contributed by atoms with Gasteiger partial charge in [-0.25, -0.2) is 13.4 Å². The van der Waals surface area contributed by atoms with Gasteiger partial charge in [-0.05, 0) is 31.0 Å². The number of nitrogens with one attached hydrogen (secondary N) is 1. The quantitative estimate of drug-likeness (QED) is 0.576. The van der Waals surface area contributed by atoms with Crippen LogP contribution in [0.25, 0.3) is 10.2 Å². The van der Waals surface area contributed by atoms with E-state index in [0.29, 0.717) is 18.1 Å². The average molecular weight is 414 g/mol. The normalized spacial score (nSPS) is 13.2. The van der Waals surface area contributed by atoms with E-state index in [2.05, 4.69) is 10.3 Å². The van der Waals surface area contributed by atoms with Crippen molar-refractivity contribution in [2.45, 2.75) is 25.9 Å². The second-order valence-corrected chi connectivity index (χ2v) is 9.99. The van der Waals surface area contributed by atoms with Crippen LogP contribution in [0.5, 0.6) is 0 Å². The molecule has 0 bridgehead atoms. The third-order valence-electron chi connectivity index (χ3n) is 3.94. The van der Waals surface area contributed by atoms with Gasteiger partial charge in [0.15, 0.2) is 0 Å². The molecule has 0 saturated heterocycles. The average Bonchev–Trinajstić information content (AvgIpc) is 3.13. The lowest BCUT2D eigenvalue weighted by molar-refractivity contribution is 0.518. The van der Waals surface area contributed by atoms with Gasteiger partial charge < -0.3 is 15.5 Å². The Bertz CT molecular complexity index is 1010. The maximum Gasteiger partial charge on any atom is 0.148 e. The molecule has 3 heterocycles. The van der Waals surface area contributed by atoms with Gasteiger partial charge in [-0.1, -0.05) is 11.6 Å². The zero-order valence-corrected chi connectivity index (χ0v) is 16.8. The van der Waals surface area contributed by atoms with Crippen LogP contribution >= 0.6 is 22.9 Å². The molecule has 0 aliphatic heterocycles. The van der Waals surface area contributed by atoms with E-state index in [4.69, 9.17) is 21.8 Å². The number of furan rings is 1. The predicted octanol–water partition coefficient (Wildman–Crippen LogP) is 3.38. The molecule has 0 aromatic carbocycles. The lowest BCUT2D eigenvalue weighted by Crippen LogP contribution is -2.31. The Balaban J connectivity index is 1.90. The molecule has 1 atom stereocenters. The zero-order chi connectivity index (χ0) is 18.9. The van der Waals surface area contributed by atoms with Gasteiger partial charge in [0.05, 0.1) is 34.5 Å². The van der Waals surface area contributed by atoms with Crippen molar-refractivity contribution >= 4 is 48.7 Å². The Labute approximate surface area is 161 Å². The van der Waals surface area contributed by atoms with E-state index in [9.17, 15) is 8.42 Å². The van der Waals surface area contributed by atoms with Gasteiger partial charge in [-0.2, -0.15) is 0 Å². The summed E-state index contributed by atoms with van der Waals surface area (Å²) in [7, 11) is -3.11. The van der Waals surface area contributed by atoms with E-state index in [1.165, 1.54) is 6.26 Å². The number of nitrogens with zero attached hydrogens (tertiary/aromatic N) is 1. The summed E-state index contributed by atoms with van der Waals surface area (Å²) < 4.78 is 29.2. The van der Waals surface area contributed by atoms with Crippen LogP contribution in [0, 0.1) is 6.92 Å². The minimum atomic E-state index is -3.11. The first-order chi connectivity index (χ1) is 12.2. The first-order valence-corrected chi connectivity index (χ1v) is 11.3. The van der Waals surface area contributed by atoms with Crippen molar-refractivity contribution in [3.05, 3.63) is 45.8 Å². The Morgan fingerprint density at radius 2 is 2.23 bits per heavy atom. The van der Waals surface area contributed by atoms with Crippen LogP contribution in [0.15, 0.2) is 28.9 Å². The highest BCUT2D eigenvalue weighted by atomic mass is 35.5. The highest BCUT2D eigenvalue weighted by Crippen LogP contribution is 2.37. The molecule has 0 saturated carbocycles. The standard InChI is InChI=1S/C17H20ClN3O3S2/c1-10-14(6-11(19)9-26(2,22)23)25-17-13(7-15(18)21-16(10)17)20-8-12-4-3-5-24-12/h3-5,7,11H,6,8-9,19H2,1-2H3,(H,20,21)/t11-/m1/s1. The monoisotopic (exact) mass is 413 g/mol. The number of rotatable bonds is 7. The molecule has 140 valence electrons. The van der Waals surface area contributed by atoms with Gasteiger partial charge in [0.25, 0.3) is 0 Å². The number of nitrogens with two attached hydrogens (primary N) is 1. The lowest BCUT2D eigenvalue weighted by Gasteiger charge is -2.09. The van der Waals surface area contributed by atoms with E-state index < -0.39 is 15.9 Å². The van der Waals surface area contributed by atoms with Gasteiger partial charge in [0.2, 0.25) is 0 Å². The molecular weight excluding hydrogens is 394 g/mol. The highest BCUT2D eigenvalue weighted by Gasteiger charge is 2.18. The van der Waals surface area contributed by atoms with Crippen molar-refractivity contribution in [2.75, 3.05) is 17.3 Å². The summed E-state index contributed by atoms with van der Waals surface area (Å²) in [4.78, 5) is 5.46. The molecule has 0 radical (unpaired) electrons. The summed E-state index contributed by atoms with van der Waals surface area (Å²) in [5, 5.41) is 3.72. The Morgan fingerprint density at radius 3 is 2.88 bits per heavy atom. The molecule has 0 amide bonds. The van der Waals surface area contributed by atoms with E-state index in [0.717, 1.165) is 32.1 Å². The summed E-state index contributed by atoms with van der Waals surface area (Å²) in [6.45, 7) is 2.49. The Kier molecular flexibility index (Phi) is 5.57. The number of aromatic nitrogens is 1.